The Morgan fingerprint density at radius 2 is 1.74 bits per heavy atom. The van der Waals surface area contributed by atoms with E-state index in [-0.39, 0.29) is 11.7 Å². The van der Waals surface area contributed by atoms with Gasteiger partial charge in [-0.05, 0) is 38.0 Å². The molecule has 0 radical (unpaired) electrons. The van der Waals surface area contributed by atoms with Crippen molar-refractivity contribution in [3.05, 3.63) is 29.3 Å². The van der Waals surface area contributed by atoms with Crippen LogP contribution in [0.25, 0.3) is 0 Å². The lowest BCUT2D eigenvalue weighted by Gasteiger charge is -2.21. The predicted molar refractivity (Wildman–Crippen MR) is 78.2 cm³/mol. The SMILES string of the molecule is Cc1ccc(C)c(NC(=O)C(C)C(=O)C(C)(C)C)c1. The minimum Gasteiger partial charge on any atom is -0.325 e. The number of carbonyl (C=O) groups excluding carboxylic acids is 2. The largest absolute Gasteiger partial charge is 0.325 e. The average molecular weight is 261 g/mol. The van der Waals surface area contributed by atoms with Gasteiger partial charge in [0.25, 0.3) is 0 Å². The Morgan fingerprint density at radius 3 is 2.26 bits per heavy atom. The Labute approximate surface area is 115 Å². The summed E-state index contributed by atoms with van der Waals surface area (Å²) in [7, 11) is 0. The summed E-state index contributed by atoms with van der Waals surface area (Å²) in [6.45, 7) is 11.1. The zero-order chi connectivity index (χ0) is 14.8. The van der Waals surface area contributed by atoms with E-state index in [1.54, 1.807) is 6.92 Å². The standard InChI is InChI=1S/C16H23NO2/c1-10-7-8-11(2)13(9-10)17-15(19)12(3)14(18)16(4,5)6/h7-9,12H,1-6H3,(H,17,19). The summed E-state index contributed by atoms with van der Waals surface area (Å²) < 4.78 is 0. The van der Waals surface area contributed by atoms with Crippen molar-refractivity contribution in [2.75, 3.05) is 5.32 Å². The number of nitrogens with one attached hydrogen (secondary N) is 1. The van der Waals surface area contributed by atoms with Crippen LogP contribution in [0.2, 0.25) is 0 Å². The number of aryl methyl sites for hydroxylation is 2. The Morgan fingerprint density at radius 1 is 1.16 bits per heavy atom. The molecule has 1 unspecified atom stereocenters. The maximum atomic E-state index is 12.1. The average Bonchev–Trinajstić information content (AvgIpc) is 2.30. The Hall–Kier alpha value is -1.64. The zero-order valence-electron chi connectivity index (χ0n) is 12.6. The lowest BCUT2D eigenvalue weighted by atomic mass is 9.83. The Balaban J connectivity index is 2.85. The van der Waals surface area contributed by atoms with E-state index in [9.17, 15) is 9.59 Å². The second kappa shape index (κ2) is 5.55. The van der Waals surface area contributed by atoms with E-state index in [1.807, 2.05) is 52.8 Å². The van der Waals surface area contributed by atoms with Gasteiger partial charge in [-0.2, -0.15) is 0 Å². The molecule has 19 heavy (non-hydrogen) atoms. The molecule has 0 aliphatic carbocycles. The van der Waals surface area contributed by atoms with Gasteiger partial charge in [-0.15, -0.1) is 0 Å². The highest BCUT2D eigenvalue weighted by Gasteiger charge is 2.31. The van der Waals surface area contributed by atoms with Crippen LogP contribution in [-0.2, 0) is 9.59 Å². The lowest BCUT2D eigenvalue weighted by Crippen LogP contribution is -2.35. The van der Waals surface area contributed by atoms with Gasteiger partial charge in [0, 0.05) is 11.1 Å². The molecule has 0 spiro atoms. The van der Waals surface area contributed by atoms with Crippen LogP contribution in [0.1, 0.15) is 38.8 Å². The first-order chi connectivity index (χ1) is 8.62. The summed E-state index contributed by atoms with van der Waals surface area (Å²) in [4.78, 5) is 24.2. The second-order valence-electron chi connectivity index (χ2n) is 6.14. The van der Waals surface area contributed by atoms with Crippen LogP contribution < -0.4 is 5.32 Å². The van der Waals surface area contributed by atoms with E-state index in [1.165, 1.54) is 0 Å². The minimum atomic E-state index is -0.639. The number of carbonyl (C=O) groups is 2. The van der Waals surface area contributed by atoms with E-state index in [4.69, 9.17) is 0 Å². The third-order valence-corrected chi connectivity index (χ3v) is 3.18. The molecule has 1 aromatic carbocycles. The highest BCUT2D eigenvalue weighted by molar-refractivity contribution is 6.08. The van der Waals surface area contributed by atoms with Crippen LogP contribution in [0.3, 0.4) is 0 Å². The predicted octanol–water partition coefficient (Wildman–Crippen LogP) is 3.49. The second-order valence-corrected chi connectivity index (χ2v) is 6.14. The molecule has 3 heteroatoms. The van der Waals surface area contributed by atoms with Crippen molar-refractivity contribution >= 4 is 17.4 Å². The third-order valence-electron chi connectivity index (χ3n) is 3.18. The fraction of sp³-hybridized carbons (Fsp3) is 0.500. The molecule has 0 bridgehead atoms. The van der Waals surface area contributed by atoms with Crippen molar-refractivity contribution in [3.63, 3.8) is 0 Å². The first-order valence-corrected chi connectivity index (χ1v) is 6.55. The molecule has 0 aliphatic heterocycles. The van der Waals surface area contributed by atoms with E-state index in [0.717, 1.165) is 16.8 Å². The quantitative estimate of drug-likeness (QED) is 0.846. The van der Waals surface area contributed by atoms with Crippen LogP contribution in [0, 0.1) is 25.2 Å². The molecular weight excluding hydrogens is 238 g/mol. The van der Waals surface area contributed by atoms with E-state index < -0.39 is 11.3 Å². The summed E-state index contributed by atoms with van der Waals surface area (Å²) in [5.41, 5.74) is 2.35. The Bertz CT molecular complexity index is 498. The van der Waals surface area contributed by atoms with Gasteiger partial charge >= 0.3 is 0 Å². The van der Waals surface area contributed by atoms with Gasteiger partial charge < -0.3 is 5.32 Å². The number of amides is 1. The molecule has 104 valence electrons. The molecule has 0 saturated carbocycles. The fourth-order valence-electron chi connectivity index (χ4n) is 1.88. The molecule has 1 rings (SSSR count). The number of benzene rings is 1. The molecular formula is C16H23NO2. The molecule has 0 aromatic heterocycles. The Kier molecular flexibility index (Phi) is 4.51. The number of hydrogen-bond acceptors (Lipinski definition) is 2. The maximum absolute atomic E-state index is 12.1. The molecule has 1 aromatic rings. The molecule has 1 amide bonds. The molecule has 1 atom stereocenters. The maximum Gasteiger partial charge on any atom is 0.234 e. The van der Waals surface area contributed by atoms with Gasteiger partial charge in [0.2, 0.25) is 5.91 Å². The van der Waals surface area contributed by atoms with Crippen LogP contribution in [-0.4, -0.2) is 11.7 Å². The molecule has 0 aliphatic rings. The monoisotopic (exact) mass is 261 g/mol. The van der Waals surface area contributed by atoms with E-state index in [2.05, 4.69) is 5.32 Å². The van der Waals surface area contributed by atoms with Crippen molar-refractivity contribution in [2.24, 2.45) is 11.3 Å². The van der Waals surface area contributed by atoms with Crippen LogP contribution in [0.5, 0.6) is 0 Å². The smallest absolute Gasteiger partial charge is 0.234 e. The van der Waals surface area contributed by atoms with Gasteiger partial charge in [-0.25, -0.2) is 0 Å². The van der Waals surface area contributed by atoms with Crippen LogP contribution in [0.4, 0.5) is 5.69 Å². The van der Waals surface area contributed by atoms with Crippen molar-refractivity contribution in [2.45, 2.75) is 41.5 Å². The number of rotatable bonds is 3. The third kappa shape index (κ3) is 3.91. The normalized spacial score (nSPS) is 12.9. The molecule has 3 nitrogen and oxygen atoms in total. The first kappa shape index (κ1) is 15.4. The van der Waals surface area contributed by atoms with E-state index >= 15 is 0 Å². The number of hydrogen-bond donors (Lipinski definition) is 1. The lowest BCUT2D eigenvalue weighted by molar-refractivity contribution is -0.135. The van der Waals surface area contributed by atoms with Crippen molar-refractivity contribution in [1.29, 1.82) is 0 Å². The van der Waals surface area contributed by atoms with Gasteiger partial charge in [0.15, 0.2) is 0 Å². The van der Waals surface area contributed by atoms with Gasteiger partial charge in [-0.3, -0.25) is 9.59 Å². The molecule has 0 saturated heterocycles. The summed E-state index contributed by atoms with van der Waals surface area (Å²) in [6.07, 6.45) is 0. The van der Waals surface area contributed by atoms with Crippen molar-refractivity contribution < 1.29 is 9.59 Å². The molecule has 1 N–H and O–H groups in total. The zero-order valence-corrected chi connectivity index (χ0v) is 12.6. The number of Topliss-reactive ketones (excluding diaryl/α,β-unsaturated/α-hetero) is 1. The van der Waals surface area contributed by atoms with Gasteiger partial charge in [0.05, 0.1) is 5.92 Å². The topological polar surface area (TPSA) is 46.2 Å². The van der Waals surface area contributed by atoms with Crippen LogP contribution >= 0.6 is 0 Å². The summed E-state index contributed by atoms with van der Waals surface area (Å²) >= 11 is 0. The molecule has 0 heterocycles. The number of anilines is 1. The molecule has 0 fully saturated rings. The van der Waals surface area contributed by atoms with Crippen LogP contribution in [0.15, 0.2) is 18.2 Å². The van der Waals surface area contributed by atoms with Gasteiger partial charge in [-0.1, -0.05) is 32.9 Å². The summed E-state index contributed by atoms with van der Waals surface area (Å²) in [6, 6.07) is 5.87. The fourth-order valence-corrected chi connectivity index (χ4v) is 1.88. The highest BCUT2D eigenvalue weighted by atomic mass is 16.2. The van der Waals surface area contributed by atoms with Crippen molar-refractivity contribution in [3.8, 4) is 0 Å². The van der Waals surface area contributed by atoms with Gasteiger partial charge in [0.1, 0.15) is 5.78 Å². The minimum absolute atomic E-state index is 0.0460. The summed E-state index contributed by atoms with van der Waals surface area (Å²) in [5, 5.41) is 2.84. The number of ketones is 1. The van der Waals surface area contributed by atoms with E-state index in [0.29, 0.717) is 0 Å². The summed E-state index contributed by atoms with van der Waals surface area (Å²) in [5.74, 6) is -0.927. The van der Waals surface area contributed by atoms with Crippen molar-refractivity contribution in [1.82, 2.24) is 0 Å². The first-order valence-electron chi connectivity index (χ1n) is 6.55. The highest BCUT2D eigenvalue weighted by Crippen LogP contribution is 2.22.